The molecule has 0 spiro atoms. The van der Waals surface area contributed by atoms with Crippen LogP contribution in [0.25, 0.3) is 0 Å². The van der Waals surface area contributed by atoms with Gasteiger partial charge in [-0.15, -0.1) is 0 Å². The summed E-state index contributed by atoms with van der Waals surface area (Å²) in [6, 6.07) is 0. The van der Waals surface area contributed by atoms with E-state index in [1.165, 1.54) is 25.7 Å². The van der Waals surface area contributed by atoms with E-state index in [0.717, 1.165) is 6.54 Å². The molecule has 0 aliphatic rings. The van der Waals surface area contributed by atoms with Gasteiger partial charge in [0.05, 0.1) is 0 Å². The molecular formula is C14H37N. The standard InChI is InChI=1S/C5H12.C4H11N.C3H8.C2H6/c1-3-5-4-2;1-4(2)3-5;1-3-2;1-2/h3-5H2,1-2H3;4H,3,5H2,1-2H3;3H2,1-2H3;1-2H3. The zero-order valence-electron chi connectivity index (χ0n) is 12.7. The number of rotatable bonds is 3. The Morgan fingerprint density at radius 2 is 1.07 bits per heavy atom. The maximum absolute atomic E-state index is 5.17. The maximum atomic E-state index is 5.17. The lowest BCUT2D eigenvalue weighted by Gasteiger charge is -1.91. The molecule has 0 fully saturated rings. The van der Waals surface area contributed by atoms with E-state index in [0.29, 0.717) is 5.92 Å². The first kappa shape index (κ1) is 24.3. The van der Waals surface area contributed by atoms with Crippen LogP contribution in [-0.4, -0.2) is 6.54 Å². The number of nitrogens with two attached hydrogens (primary N) is 1. The summed E-state index contributed by atoms with van der Waals surface area (Å²) < 4.78 is 0. The molecule has 0 atom stereocenters. The van der Waals surface area contributed by atoms with Gasteiger partial charge < -0.3 is 5.73 Å². The molecule has 0 unspecified atom stereocenters. The van der Waals surface area contributed by atoms with E-state index in [1.807, 2.05) is 13.8 Å². The van der Waals surface area contributed by atoms with E-state index >= 15 is 0 Å². The normalized spacial score (nSPS) is 7.60. The Bertz CT molecular complexity index is 49.3. The van der Waals surface area contributed by atoms with E-state index in [1.54, 1.807) is 0 Å². The van der Waals surface area contributed by atoms with Gasteiger partial charge in [-0.3, -0.25) is 0 Å². The SMILES string of the molecule is CC.CC(C)CN.CCC.CCCCC. The Labute approximate surface area is 99.8 Å². The number of hydrogen-bond acceptors (Lipinski definition) is 1. The topological polar surface area (TPSA) is 26.0 Å². The molecule has 0 amide bonds. The molecule has 98 valence electrons. The summed E-state index contributed by atoms with van der Waals surface area (Å²) in [6.07, 6.45) is 5.33. The average molecular weight is 219 g/mol. The van der Waals surface area contributed by atoms with Gasteiger partial charge >= 0.3 is 0 Å². The third-order valence-electron chi connectivity index (χ3n) is 1.18. The molecule has 1 nitrogen and oxygen atoms in total. The molecule has 15 heavy (non-hydrogen) atoms. The minimum absolute atomic E-state index is 0.662. The van der Waals surface area contributed by atoms with Crippen molar-refractivity contribution in [3.05, 3.63) is 0 Å². The first-order valence-electron chi connectivity index (χ1n) is 6.80. The Morgan fingerprint density at radius 3 is 1.07 bits per heavy atom. The Kier molecular flexibility index (Phi) is 59.9. The second-order valence-corrected chi connectivity index (χ2v) is 3.69. The monoisotopic (exact) mass is 219 g/mol. The second kappa shape index (κ2) is 37.0. The highest BCUT2D eigenvalue weighted by Crippen LogP contribution is 1.88. The van der Waals surface area contributed by atoms with Crippen LogP contribution in [0.4, 0.5) is 0 Å². The predicted octanol–water partition coefficient (Wildman–Crippen LogP) is 5.24. The second-order valence-electron chi connectivity index (χ2n) is 3.69. The van der Waals surface area contributed by atoms with Gasteiger partial charge in [-0.25, -0.2) is 0 Å². The summed E-state index contributed by atoms with van der Waals surface area (Å²) in [7, 11) is 0. The molecule has 0 aromatic carbocycles. The molecule has 0 saturated carbocycles. The van der Waals surface area contributed by atoms with Crippen molar-refractivity contribution in [1.82, 2.24) is 0 Å². The zero-order chi connectivity index (χ0) is 13.1. The van der Waals surface area contributed by atoms with E-state index in [2.05, 4.69) is 41.5 Å². The van der Waals surface area contributed by atoms with Crippen molar-refractivity contribution in [3.8, 4) is 0 Å². The minimum atomic E-state index is 0.662. The molecule has 2 N–H and O–H groups in total. The highest BCUT2D eigenvalue weighted by Gasteiger charge is 1.80. The fraction of sp³-hybridized carbons (Fsp3) is 1.00. The van der Waals surface area contributed by atoms with Gasteiger partial charge in [0.25, 0.3) is 0 Å². The van der Waals surface area contributed by atoms with E-state index in [-0.39, 0.29) is 0 Å². The summed E-state index contributed by atoms with van der Waals surface area (Å²) in [5.41, 5.74) is 5.17. The summed E-state index contributed by atoms with van der Waals surface area (Å²) in [4.78, 5) is 0. The molecule has 0 aromatic rings. The van der Waals surface area contributed by atoms with Gasteiger partial charge in [0.15, 0.2) is 0 Å². The van der Waals surface area contributed by atoms with Crippen molar-refractivity contribution in [1.29, 1.82) is 0 Å². The summed E-state index contributed by atoms with van der Waals surface area (Å²) in [5, 5.41) is 0. The quantitative estimate of drug-likeness (QED) is 0.690. The Balaban J connectivity index is -0.0000000574. The molecular weight excluding hydrogens is 182 g/mol. The largest absolute Gasteiger partial charge is 0.330 e. The number of hydrogen-bond donors (Lipinski definition) is 1. The van der Waals surface area contributed by atoms with Crippen LogP contribution < -0.4 is 5.73 Å². The Morgan fingerprint density at radius 1 is 0.867 bits per heavy atom. The molecule has 1 heteroatoms. The van der Waals surface area contributed by atoms with Gasteiger partial charge in [0.2, 0.25) is 0 Å². The third-order valence-corrected chi connectivity index (χ3v) is 1.18. The molecule has 0 aliphatic heterocycles. The summed E-state index contributed by atoms with van der Waals surface area (Å²) in [5.74, 6) is 0.662. The van der Waals surface area contributed by atoms with Crippen molar-refractivity contribution in [2.45, 2.75) is 81.1 Å². The lowest BCUT2D eigenvalue weighted by atomic mass is 10.2. The minimum Gasteiger partial charge on any atom is -0.330 e. The lowest BCUT2D eigenvalue weighted by Crippen LogP contribution is -2.05. The predicted molar refractivity (Wildman–Crippen MR) is 76.4 cm³/mol. The Hall–Kier alpha value is -0.0400. The molecule has 0 saturated heterocycles. The van der Waals surface area contributed by atoms with Crippen LogP contribution >= 0.6 is 0 Å². The van der Waals surface area contributed by atoms with Crippen LogP contribution in [0.2, 0.25) is 0 Å². The maximum Gasteiger partial charge on any atom is -0.00541 e. The molecule has 0 radical (unpaired) electrons. The van der Waals surface area contributed by atoms with E-state index in [4.69, 9.17) is 5.73 Å². The average Bonchev–Trinajstić information content (AvgIpc) is 2.24. The highest BCUT2D eigenvalue weighted by atomic mass is 14.5. The van der Waals surface area contributed by atoms with Gasteiger partial charge in [-0.1, -0.05) is 81.1 Å². The van der Waals surface area contributed by atoms with Crippen LogP contribution in [0.15, 0.2) is 0 Å². The first-order valence-corrected chi connectivity index (χ1v) is 6.80. The van der Waals surface area contributed by atoms with Gasteiger partial charge in [-0.2, -0.15) is 0 Å². The van der Waals surface area contributed by atoms with Crippen molar-refractivity contribution in [2.75, 3.05) is 6.54 Å². The molecule has 0 heterocycles. The van der Waals surface area contributed by atoms with Crippen LogP contribution in [-0.2, 0) is 0 Å². The van der Waals surface area contributed by atoms with Crippen LogP contribution in [0.1, 0.15) is 81.1 Å². The fourth-order valence-corrected chi connectivity index (χ4v) is 0.354. The van der Waals surface area contributed by atoms with Crippen LogP contribution in [0, 0.1) is 5.92 Å². The smallest absolute Gasteiger partial charge is 0.00541 e. The molecule has 0 bridgehead atoms. The van der Waals surface area contributed by atoms with Crippen molar-refractivity contribution in [3.63, 3.8) is 0 Å². The zero-order valence-corrected chi connectivity index (χ0v) is 12.7. The third kappa shape index (κ3) is 127. The van der Waals surface area contributed by atoms with Crippen molar-refractivity contribution < 1.29 is 0 Å². The van der Waals surface area contributed by atoms with E-state index < -0.39 is 0 Å². The molecule has 0 aromatic heterocycles. The number of unbranched alkanes of at least 4 members (excludes halogenated alkanes) is 2. The van der Waals surface area contributed by atoms with Gasteiger partial charge in [-0.05, 0) is 12.5 Å². The van der Waals surface area contributed by atoms with Crippen LogP contribution in [0.5, 0.6) is 0 Å². The highest BCUT2D eigenvalue weighted by molar-refractivity contribution is 4.38. The summed E-state index contributed by atoms with van der Waals surface area (Å²) in [6.45, 7) is 17.7. The van der Waals surface area contributed by atoms with Crippen LogP contribution in [0.3, 0.4) is 0 Å². The van der Waals surface area contributed by atoms with Crippen molar-refractivity contribution in [2.24, 2.45) is 11.7 Å². The van der Waals surface area contributed by atoms with Gasteiger partial charge in [0, 0.05) is 0 Å². The molecule has 0 rings (SSSR count). The van der Waals surface area contributed by atoms with Crippen molar-refractivity contribution >= 4 is 0 Å². The fourth-order valence-electron chi connectivity index (χ4n) is 0.354. The molecule has 0 aliphatic carbocycles. The lowest BCUT2D eigenvalue weighted by molar-refractivity contribution is 0.664. The first-order chi connectivity index (χ1) is 7.10. The summed E-state index contributed by atoms with van der Waals surface area (Å²) >= 11 is 0. The van der Waals surface area contributed by atoms with E-state index in [9.17, 15) is 0 Å². The van der Waals surface area contributed by atoms with Gasteiger partial charge in [0.1, 0.15) is 0 Å².